The van der Waals surface area contributed by atoms with Crippen LogP contribution in [-0.4, -0.2) is 36.5 Å². The molecule has 1 aliphatic rings. The summed E-state index contributed by atoms with van der Waals surface area (Å²) in [7, 11) is 1.24. The fourth-order valence-corrected chi connectivity index (χ4v) is 2.80. The van der Waals surface area contributed by atoms with E-state index in [9.17, 15) is 14.4 Å². The number of carbonyl (C=O) groups excluding carboxylic acids is 3. The third-order valence-corrected chi connectivity index (χ3v) is 4.39. The quantitative estimate of drug-likeness (QED) is 0.619. The highest BCUT2D eigenvalue weighted by atomic mass is 16.5. The number of rotatable bonds is 5. The first-order chi connectivity index (χ1) is 12.9. The van der Waals surface area contributed by atoms with Gasteiger partial charge in [0.25, 0.3) is 17.4 Å². The second kappa shape index (κ2) is 7.49. The number of amides is 2. The number of nitrogens with one attached hydrogen (secondary N) is 2. The van der Waals surface area contributed by atoms with Gasteiger partial charge in [0.2, 0.25) is 0 Å². The number of hydrogen-bond acceptors (Lipinski definition) is 5. The zero-order valence-corrected chi connectivity index (χ0v) is 15.0. The first-order valence-electron chi connectivity index (χ1n) is 8.46. The van der Waals surface area contributed by atoms with Crippen molar-refractivity contribution >= 4 is 23.5 Å². The van der Waals surface area contributed by atoms with Crippen LogP contribution in [0.5, 0.6) is 5.75 Å². The summed E-state index contributed by atoms with van der Waals surface area (Å²) in [6.45, 7) is 1.37. The number of para-hydroxylation sites is 2. The Hall–Kier alpha value is -3.35. The molecule has 2 atom stereocenters. The highest BCUT2D eigenvalue weighted by molar-refractivity contribution is 6.15. The molecule has 1 heterocycles. The van der Waals surface area contributed by atoms with Gasteiger partial charge in [0.05, 0.1) is 12.8 Å². The van der Waals surface area contributed by atoms with Crippen molar-refractivity contribution in [2.75, 3.05) is 12.4 Å². The lowest BCUT2D eigenvalue weighted by Crippen LogP contribution is -2.61. The van der Waals surface area contributed by atoms with Gasteiger partial charge in [-0.15, -0.1) is 0 Å². The summed E-state index contributed by atoms with van der Waals surface area (Å²) < 4.78 is 10.5. The summed E-state index contributed by atoms with van der Waals surface area (Å²) in [6.07, 6.45) is 0.230. The van der Waals surface area contributed by atoms with E-state index >= 15 is 0 Å². The standard InChI is InChI=1S/C20H20N2O5/c1-20(18(24)21-14-10-6-7-11-16(14)27-20)19(25)22-15(17(23)26-2)12-13-8-4-3-5-9-13/h3-11,15H,12H2,1-2H3,(H,21,24)(H,22,25). The summed E-state index contributed by atoms with van der Waals surface area (Å²) in [5, 5.41) is 5.24. The van der Waals surface area contributed by atoms with Gasteiger partial charge in [0.15, 0.2) is 0 Å². The maximum absolute atomic E-state index is 12.9. The number of methoxy groups -OCH3 is 1. The van der Waals surface area contributed by atoms with Crippen molar-refractivity contribution in [1.82, 2.24) is 5.32 Å². The van der Waals surface area contributed by atoms with Crippen LogP contribution in [0, 0.1) is 0 Å². The van der Waals surface area contributed by atoms with Gasteiger partial charge in [0.1, 0.15) is 11.8 Å². The third-order valence-electron chi connectivity index (χ3n) is 4.39. The van der Waals surface area contributed by atoms with Gasteiger partial charge in [-0.25, -0.2) is 4.79 Å². The Morgan fingerprint density at radius 3 is 2.52 bits per heavy atom. The number of hydrogen-bond donors (Lipinski definition) is 2. The molecule has 2 unspecified atom stereocenters. The van der Waals surface area contributed by atoms with Crippen LogP contribution in [0.2, 0.25) is 0 Å². The van der Waals surface area contributed by atoms with Gasteiger partial charge < -0.3 is 20.1 Å². The molecule has 2 N–H and O–H groups in total. The molecule has 0 saturated carbocycles. The number of anilines is 1. The van der Waals surface area contributed by atoms with Crippen molar-refractivity contribution in [2.24, 2.45) is 0 Å². The van der Waals surface area contributed by atoms with Crippen LogP contribution in [-0.2, 0) is 25.5 Å². The number of benzene rings is 2. The topological polar surface area (TPSA) is 93.7 Å². The van der Waals surface area contributed by atoms with E-state index in [1.165, 1.54) is 14.0 Å². The molecule has 7 heteroatoms. The molecule has 0 bridgehead atoms. The molecule has 2 amide bonds. The molecule has 0 fully saturated rings. The molecule has 0 spiro atoms. The minimum Gasteiger partial charge on any atom is -0.467 e. The van der Waals surface area contributed by atoms with Crippen LogP contribution >= 0.6 is 0 Å². The summed E-state index contributed by atoms with van der Waals surface area (Å²) in [6, 6.07) is 15.1. The van der Waals surface area contributed by atoms with Crippen LogP contribution in [0.4, 0.5) is 5.69 Å². The van der Waals surface area contributed by atoms with E-state index < -0.39 is 29.4 Å². The number of ether oxygens (including phenoxy) is 2. The third kappa shape index (κ3) is 3.76. The van der Waals surface area contributed by atoms with Gasteiger partial charge >= 0.3 is 5.97 Å². The van der Waals surface area contributed by atoms with Crippen molar-refractivity contribution in [3.63, 3.8) is 0 Å². The fourth-order valence-electron chi connectivity index (χ4n) is 2.80. The average molecular weight is 368 g/mol. The molecule has 2 aromatic rings. The molecule has 0 aliphatic carbocycles. The normalized spacial score (nSPS) is 19.1. The lowest BCUT2D eigenvalue weighted by Gasteiger charge is -2.34. The maximum atomic E-state index is 12.9. The largest absolute Gasteiger partial charge is 0.467 e. The lowest BCUT2D eigenvalue weighted by atomic mass is 9.99. The van der Waals surface area contributed by atoms with E-state index in [1.54, 1.807) is 24.3 Å². The Morgan fingerprint density at radius 1 is 1.15 bits per heavy atom. The van der Waals surface area contributed by atoms with E-state index in [2.05, 4.69) is 10.6 Å². The minimum atomic E-state index is -1.81. The molecule has 0 radical (unpaired) electrons. The van der Waals surface area contributed by atoms with Crippen LogP contribution in [0.15, 0.2) is 54.6 Å². The molecule has 27 heavy (non-hydrogen) atoms. The van der Waals surface area contributed by atoms with Gasteiger partial charge in [-0.05, 0) is 24.6 Å². The number of fused-ring (bicyclic) bond motifs is 1. The van der Waals surface area contributed by atoms with Gasteiger partial charge in [-0.1, -0.05) is 42.5 Å². The maximum Gasteiger partial charge on any atom is 0.328 e. The molecular weight excluding hydrogens is 348 g/mol. The first kappa shape index (κ1) is 18.4. The first-order valence-corrected chi connectivity index (χ1v) is 8.46. The van der Waals surface area contributed by atoms with E-state index in [1.807, 2.05) is 30.3 Å². The number of esters is 1. The molecule has 7 nitrogen and oxygen atoms in total. The van der Waals surface area contributed by atoms with Crippen molar-refractivity contribution in [1.29, 1.82) is 0 Å². The zero-order valence-electron chi connectivity index (χ0n) is 15.0. The molecule has 0 aromatic heterocycles. The van der Waals surface area contributed by atoms with Crippen LogP contribution in [0.1, 0.15) is 12.5 Å². The second-order valence-electron chi connectivity index (χ2n) is 6.32. The average Bonchev–Trinajstić information content (AvgIpc) is 2.68. The Labute approximate surface area is 156 Å². The molecule has 3 rings (SSSR count). The molecular formula is C20H20N2O5. The van der Waals surface area contributed by atoms with Gasteiger partial charge in [0, 0.05) is 6.42 Å². The van der Waals surface area contributed by atoms with Crippen LogP contribution in [0.25, 0.3) is 0 Å². The summed E-state index contributed by atoms with van der Waals surface area (Å²) in [5.41, 5.74) is -0.476. The van der Waals surface area contributed by atoms with Crippen molar-refractivity contribution in [3.8, 4) is 5.75 Å². The molecule has 2 aromatic carbocycles. The Kier molecular flexibility index (Phi) is 5.12. The minimum absolute atomic E-state index is 0.230. The van der Waals surface area contributed by atoms with E-state index in [0.29, 0.717) is 11.4 Å². The van der Waals surface area contributed by atoms with E-state index in [-0.39, 0.29) is 6.42 Å². The predicted octanol–water partition coefficient (Wildman–Crippen LogP) is 1.68. The highest BCUT2D eigenvalue weighted by Gasteiger charge is 2.48. The Bertz CT molecular complexity index is 868. The Morgan fingerprint density at radius 2 is 1.81 bits per heavy atom. The predicted molar refractivity (Wildman–Crippen MR) is 98.2 cm³/mol. The second-order valence-corrected chi connectivity index (χ2v) is 6.32. The smallest absolute Gasteiger partial charge is 0.328 e. The van der Waals surface area contributed by atoms with Gasteiger partial charge in [-0.3, -0.25) is 9.59 Å². The lowest BCUT2D eigenvalue weighted by molar-refractivity contribution is -0.152. The summed E-state index contributed by atoms with van der Waals surface area (Å²) in [5.74, 6) is -1.55. The van der Waals surface area contributed by atoms with E-state index in [0.717, 1.165) is 5.56 Å². The highest BCUT2D eigenvalue weighted by Crippen LogP contribution is 2.33. The Balaban J connectivity index is 1.80. The molecule has 0 saturated heterocycles. The monoisotopic (exact) mass is 368 g/mol. The SMILES string of the molecule is COC(=O)C(Cc1ccccc1)NC(=O)C1(C)Oc2ccccc2NC1=O. The van der Waals surface area contributed by atoms with Crippen LogP contribution in [0.3, 0.4) is 0 Å². The number of carbonyl (C=O) groups is 3. The van der Waals surface area contributed by atoms with Crippen molar-refractivity contribution < 1.29 is 23.9 Å². The fraction of sp³-hybridized carbons (Fsp3) is 0.250. The summed E-state index contributed by atoms with van der Waals surface area (Å²) in [4.78, 5) is 37.5. The van der Waals surface area contributed by atoms with Crippen LogP contribution < -0.4 is 15.4 Å². The zero-order chi connectivity index (χ0) is 19.4. The van der Waals surface area contributed by atoms with Crippen molar-refractivity contribution in [2.45, 2.75) is 25.0 Å². The van der Waals surface area contributed by atoms with Gasteiger partial charge in [-0.2, -0.15) is 0 Å². The van der Waals surface area contributed by atoms with Crippen molar-refractivity contribution in [3.05, 3.63) is 60.2 Å². The summed E-state index contributed by atoms with van der Waals surface area (Å²) >= 11 is 0. The molecule has 140 valence electrons. The van der Waals surface area contributed by atoms with E-state index in [4.69, 9.17) is 9.47 Å². The molecule has 1 aliphatic heterocycles.